The van der Waals surface area contributed by atoms with Gasteiger partial charge in [0.1, 0.15) is 5.75 Å². The molecule has 1 aromatic rings. The van der Waals surface area contributed by atoms with E-state index in [2.05, 4.69) is 4.98 Å². The molecule has 0 bridgehead atoms. The first-order valence-corrected chi connectivity index (χ1v) is 4.12. The van der Waals surface area contributed by atoms with Crippen molar-refractivity contribution in [1.29, 1.82) is 0 Å². The van der Waals surface area contributed by atoms with Crippen LogP contribution in [0.5, 0.6) is 5.75 Å². The van der Waals surface area contributed by atoms with Crippen LogP contribution in [0.15, 0.2) is 6.07 Å². The van der Waals surface area contributed by atoms with Gasteiger partial charge in [0, 0.05) is 17.8 Å². The normalized spacial score (nSPS) is 10.7. The maximum Gasteiger partial charge on any atom is 0.265 e. The number of alkyl halides is 2. The van der Waals surface area contributed by atoms with E-state index in [1.165, 1.54) is 20.1 Å². The number of hydrogen-bond acceptors (Lipinski definition) is 3. The number of ether oxygens (including phenoxy) is 1. The first-order chi connectivity index (χ1) is 6.60. The summed E-state index contributed by atoms with van der Waals surface area (Å²) < 4.78 is 29.8. The van der Waals surface area contributed by atoms with Gasteiger partial charge in [0.25, 0.3) is 6.43 Å². The van der Waals surface area contributed by atoms with E-state index in [0.29, 0.717) is 17.1 Å². The molecule has 0 unspecified atom stereocenters. The number of aryl methyl sites for hydroxylation is 1. The molecule has 0 saturated carbocycles. The van der Waals surface area contributed by atoms with E-state index in [0.717, 1.165) is 0 Å². The van der Waals surface area contributed by atoms with Gasteiger partial charge in [0.05, 0.1) is 12.8 Å². The van der Waals surface area contributed by atoms with Crippen LogP contribution in [-0.4, -0.2) is 12.1 Å². The van der Waals surface area contributed by atoms with E-state index >= 15 is 0 Å². The molecular weight excluding hydrogens is 190 g/mol. The molecule has 0 radical (unpaired) electrons. The van der Waals surface area contributed by atoms with Gasteiger partial charge in [-0.15, -0.1) is 0 Å². The standard InChI is InChI=1S/C9H12F2N2O/c1-5-6(9(10)11)3-8(14-2)7(4-12)13-5/h3,9H,4,12H2,1-2H3. The zero-order valence-corrected chi connectivity index (χ0v) is 8.05. The highest BCUT2D eigenvalue weighted by atomic mass is 19.3. The topological polar surface area (TPSA) is 48.1 Å². The average molecular weight is 202 g/mol. The van der Waals surface area contributed by atoms with Gasteiger partial charge in [-0.25, -0.2) is 8.78 Å². The number of hydrogen-bond donors (Lipinski definition) is 1. The Morgan fingerprint density at radius 1 is 1.57 bits per heavy atom. The molecule has 0 saturated heterocycles. The maximum absolute atomic E-state index is 12.5. The Hall–Kier alpha value is -1.23. The van der Waals surface area contributed by atoms with Gasteiger partial charge < -0.3 is 10.5 Å². The molecule has 14 heavy (non-hydrogen) atoms. The van der Waals surface area contributed by atoms with Crippen LogP contribution < -0.4 is 10.5 Å². The van der Waals surface area contributed by atoms with Crippen molar-refractivity contribution in [3.63, 3.8) is 0 Å². The van der Waals surface area contributed by atoms with Crippen molar-refractivity contribution in [3.05, 3.63) is 23.0 Å². The van der Waals surface area contributed by atoms with Crippen LogP contribution in [0.2, 0.25) is 0 Å². The van der Waals surface area contributed by atoms with Crippen molar-refractivity contribution in [3.8, 4) is 5.75 Å². The maximum atomic E-state index is 12.5. The lowest BCUT2D eigenvalue weighted by Crippen LogP contribution is -2.06. The predicted molar refractivity (Wildman–Crippen MR) is 48.4 cm³/mol. The van der Waals surface area contributed by atoms with Crippen LogP contribution in [0.3, 0.4) is 0 Å². The van der Waals surface area contributed by atoms with Crippen molar-refractivity contribution in [2.45, 2.75) is 19.9 Å². The Morgan fingerprint density at radius 2 is 2.21 bits per heavy atom. The number of pyridine rings is 1. The molecule has 78 valence electrons. The van der Waals surface area contributed by atoms with Gasteiger partial charge >= 0.3 is 0 Å². The smallest absolute Gasteiger partial charge is 0.265 e. The molecule has 3 nitrogen and oxygen atoms in total. The van der Waals surface area contributed by atoms with Crippen LogP contribution in [0.25, 0.3) is 0 Å². The van der Waals surface area contributed by atoms with E-state index in [9.17, 15) is 8.78 Å². The first-order valence-electron chi connectivity index (χ1n) is 4.12. The SMILES string of the molecule is COc1cc(C(F)F)c(C)nc1CN. The van der Waals surface area contributed by atoms with Crippen LogP contribution in [0, 0.1) is 6.92 Å². The van der Waals surface area contributed by atoms with Gasteiger partial charge in [-0.2, -0.15) is 0 Å². The fourth-order valence-electron chi connectivity index (χ4n) is 1.19. The molecule has 1 heterocycles. The monoisotopic (exact) mass is 202 g/mol. The molecule has 1 aromatic heterocycles. The van der Waals surface area contributed by atoms with Crippen molar-refractivity contribution < 1.29 is 13.5 Å². The Kier molecular flexibility index (Phi) is 3.35. The molecule has 0 atom stereocenters. The highest BCUT2D eigenvalue weighted by Gasteiger charge is 2.15. The average Bonchev–Trinajstić information content (AvgIpc) is 2.16. The Balaban J connectivity index is 3.23. The molecule has 2 N–H and O–H groups in total. The minimum absolute atomic E-state index is 0.112. The van der Waals surface area contributed by atoms with E-state index in [1.807, 2.05) is 0 Å². The lowest BCUT2D eigenvalue weighted by atomic mass is 10.1. The number of aromatic nitrogens is 1. The lowest BCUT2D eigenvalue weighted by molar-refractivity contribution is 0.149. The van der Waals surface area contributed by atoms with Gasteiger partial charge in [0.2, 0.25) is 0 Å². The van der Waals surface area contributed by atoms with Gasteiger partial charge in [-0.3, -0.25) is 4.98 Å². The molecule has 1 rings (SSSR count). The quantitative estimate of drug-likeness (QED) is 0.812. The summed E-state index contributed by atoms with van der Waals surface area (Å²) in [5.74, 6) is 0.313. The summed E-state index contributed by atoms with van der Waals surface area (Å²) >= 11 is 0. The van der Waals surface area contributed by atoms with Gasteiger partial charge in [-0.1, -0.05) is 0 Å². The lowest BCUT2D eigenvalue weighted by Gasteiger charge is -2.10. The molecule has 0 aliphatic carbocycles. The number of methoxy groups -OCH3 is 1. The minimum Gasteiger partial charge on any atom is -0.495 e. The fourth-order valence-corrected chi connectivity index (χ4v) is 1.19. The molecule has 0 aliphatic rings. The van der Waals surface area contributed by atoms with E-state index in [4.69, 9.17) is 10.5 Å². The number of nitrogens with zero attached hydrogens (tertiary/aromatic N) is 1. The summed E-state index contributed by atoms with van der Waals surface area (Å²) in [5.41, 5.74) is 6.07. The van der Waals surface area contributed by atoms with Crippen molar-refractivity contribution in [2.75, 3.05) is 7.11 Å². The van der Waals surface area contributed by atoms with Gasteiger partial charge in [-0.05, 0) is 13.0 Å². The minimum atomic E-state index is -2.54. The third-order valence-corrected chi connectivity index (χ3v) is 1.94. The fraction of sp³-hybridized carbons (Fsp3) is 0.444. The van der Waals surface area contributed by atoms with Crippen molar-refractivity contribution in [2.24, 2.45) is 5.73 Å². The summed E-state index contributed by atoms with van der Waals surface area (Å²) in [7, 11) is 1.40. The summed E-state index contributed by atoms with van der Waals surface area (Å²) in [5, 5.41) is 0. The summed E-state index contributed by atoms with van der Waals surface area (Å²) in [4.78, 5) is 3.95. The van der Waals surface area contributed by atoms with Gasteiger partial charge in [0.15, 0.2) is 0 Å². The first kappa shape index (κ1) is 10.8. The molecule has 0 amide bonds. The van der Waals surface area contributed by atoms with Crippen LogP contribution >= 0.6 is 0 Å². The zero-order valence-electron chi connectivity index (χ0n) is 8.05. The number of rotatable bonds is 3. The molecular formula is C9H12F2N2O. The third kappa shape index (κ3) is 1.98. The van der Waals surface area contributed by atoms with Crippen LogP contribution in [-0.2, 0) is 6.54 Å². The summed E-state index contributed by atoms with van der Waals surface area (Å²) in [6, 6.07) is 1.29. The molecule has 0 fully saturated rings. The van der Waals surface area contributed by atoms with Crippen LogP contribution in [0.4, 0.5) is 8.78 Å². The number of halogens is 2. The summed E-state index contributed by atoms with van der Waals surface area (Å²) in [6.45, 7) is 1.70. The molecule has 5 heteroatoms. The molecule has 0 aliphatic heterocycles. The second-order valence-electron chi connectivity index (χ2n) is 2.82. The van der Waals surface area contributed by atoms with E-state index < -0.39 is 6.43 Å². The highest BCUT2D eigenvalue weighted by molar-refractivity contribution is 5.35. The van der Waals surface area contributed by atoms with Crippen LogP contribution in [0.1, 0.15) is 23.4 Å². The third-order valence-electron chi connectivity index (χ3n) is 1.94. The Morgan fingerprint density at radius 3 is 2.64 bits per heavy atom. The Bertz CT molecular complexity index is 329. The second-order valence-corrected chi connectivity index (χ2v) is 2.82. The van der Waals surface area contributed by atoms with E-state index in [-0.39, 0.29) is 12.1 Å². The molecule has 0 aromatic carbocycles. The zero-order chi connectivity index (χ0) is 10.7. The Labute approximate surface area is 80.9 Å². The van der Waals surface area contributed by atoms with Crippen molar-refractivity contribution >= 4 is 0 Å². The van der Waals surface area contributed by atoms with Crippen molar-refractivity contribution in [1.82, 2.24) is 4.98 Å². The van der Waals surface area contributed by atoms with E-state index in [1.54, 1.807) is 0 Å². The largest absolute Gasteiger partial charge is 0.495 e. The summed E-state index contributed by atoms with van der Waals surface area (Å²) in [6.07, 6.45) is -2.54. The number of nitrogens with two attached hydrogens (primary N) is 1. The highest BCUT2D eigenvalue weighted by Crippen LogP contribution is 2.27. The predicted octanol–water partition coefficient (Wildman–Crippen LogP) is 1.79. The second kappa shape index (κ2) is 4.32. The molecule has 0 spiro atoms.